The molecule has 7 rings (SSSR count). The van der Waals surface area contributed by atoms with E-state index in [9.17, 15) is 4.79 Å². The van der Waals surface area contributed by atoms with Crippen LogP contribution < -0.4 is 16.7 Å². The van der Waals surface area contributed by atoms with Gasteiger partial charge in [0.2, 0.25) is 0 Å². The predicted octanol–water partition coefficient (Wildman–Crippen LogP) is 10.6. The molecule has 1 heterocycles. The zero-order valence-electron chi connectivity index (χ0n) is 28.3. The first kappa shape index (κ1) is 34.6. The third-order valence-corrected chi connectivity index (χ3v) is 7.05. The fourth-order valence-corrected chi connectivity index (χ4v) is 4.46. The van der Waals surface area contributed by atoms with Gasteiger partial charge >= 0.3 is 1.43 Å². The molecule has 0 aliphatic carbocycles. The number of fused-ring (bicyclic) bond motifs is 1. The molecule has 0 unspecified atom stereocenters. The van der Waals surface area contributed by atoms with Gasteiger partial charge in [0.25, 0.3) is 0 Å². The molecule has 0 amide bonds. The van der Waals surface area contributed by atoms with E-state index in [4.69, 9.17) is 5.84 Å². The number of aromatic amines is 1. The number of nitrogens with one attached hydrogen (secondary N) is 3. The number of nitrogens with two attached hydrogens (primary N) is 1. The predicted molar refractivity (Wildman–Crippen MR) is 206 cm³/mol. The Labute approximate surface area is 285 Å². The number of nitrogens with zero attached hydrogens (tertiary/aromatic N) is 1. The molecule has 0 fully saturated rings. The zero-order valence-corrected chi connectivity index (χ0v) is 27.3. The Hall–Kier alpha value is -6.24. The van der Waals surface area contributed by atoms with Crippen molar-refractivity contribution in [2.45, 2.75) is 13.8 Å². The third-order valence-electron chi connectivity index (χ3n) is 7.05. The fourth-order valence-electron chi connectivity index (χ4n) is 4.46. The number of carbonyl (C=O) groups excluding carboxylic acids is 1. The number of hydrogen-bond donors (Lipinski definition) is 4. The van der Waals surface area contributed by atoms with Gasteiger partial charge in [-0.25, -0.2) is 0 Å². The Morgan fingerprint density at radius 3 is 1.54 bits per heavy atom. The number of nitrogen functional groups attached to an aromatic ring is 1. The Morgan fingerprint density at radius 1 is 0.604 bits per heavy atom. The number of aromatic nitrogens is 1. The van der Waals surface area contributed by atoms with Crippen molar-refractivity contribution in [1.29, 1.82) is 0 Å². The van der Waals surface area contributed by atoms with Gasteiger partial charge in [0.1, 0.15) is 0 Å². The maximum Gasteiger partial charge on any atom is 1.00 e. The van der Waals surface area contributed by atoms with Crippen LogP contribution in [0.2, 0.25) is 0 Å². The van der Waals surface area contributed by atoms with Crippen molar-refractivity contribution < 1.29 is 7.65 Å². The van der Waals surface area contributed by atoms with Crippen LogP contribution in [0.25, 0.3) is 22.2 Å². The summed E-state index contributed by atoms with van der Waals surface area (Å²) < 4.78 is 0. The monoisotopic (exact) mass is 635 g/mol. The van der Waals surface area contributed by atoms with Crippen molar-refractivity contribution in [1.82, 2.24) is 4.98 Å². The van der Waals surface area contributed by atoms with E-state index < -0.39 is 0 Å². The summed E-state index contributed by atoms with van der Waals surface area (Å²) in [6.07, 6.45) is 0. The summed E-state index contributed by atoms with van der Waals surface area (Å²) in [6, 6.07) is 59.8. The quantitative estimate of drug-likeness (QED) is 0.0633. The molecule has 48 heavy (non-hydrogen) atoms. The van der Waals surface area contributed by atoms with Gasteiger partial charge in [0.15, 0.2) is 5.78 Å². The van der Waals surface area contributed by atoms with Gasteiger partial charge in [-0.3, -0.25) is 16.1 Å². The molecular weight excluding hydrogens is 590 g/mol. The van der Waals surface area contributed by atoms with E-state index in [0.29, 0.717) is 0 Å². The minimum atomic E-state index is 0. The summed E-state index contributed by atoms with van der Waals surface area (Å²) in [5.41, 5.74) is 14.0. The van der Waals surface area contributed by atoms with E-state index in [0.717, 1.165) is 28.2 Å². The van der Waals surface area contributed by atoms with Crippen LogP contribution in [0.5, 0.6) is 0 Å². The van der Waals surface area contributed by atoms with E-state index in [1.165, 1.54) is 22.2 Å². The number of para-hydroxylation sites is 3. The van der Waals surface area contributed by atoms with Gasteiger partial charge in [-0.05, 0) is 61.4 Å². The number of carbonyl (C=O) groups is 1. The number of Topliss-reactive ketones (excluding diaryl/α,β-unsaturated/α-hetero) is 1. The Morgan fingerprint density at radius 2 is 1.06 bits per heavy atom. The Bertz CT molecular complexity index is 1920. The smallest absolute Gasteiger partial charge is 0.355 e. The first-order valence-electron chi connectivity index (χ1n) is 15.6. The van der Waals surface area contributed by atoms with Crippen LogP contribution in [0.3, 0.4) is 0 Å². The highest BCUT2D eigenvalue weighted by Crippen LogP contribution is 2.23. The van der Waals surface area contributed by atoms with Gasteiger partial charge < -0.3 is 10.4 Å². The van der Waals surface area contributed by atoms with E-state index in [1.54, 1.807) is 6.92 Å². The van der Waals surface area contributed by atoms with E-state index in [-0.39, 0.29) is 8.64 Å². The molecule has 0 aliphatic rings. The zero-order chi connectivity index (χ0) is 33.8. The minimum absolute atomic E-state index is 0. The summed E-state index contributed by atoms with van der Waals surface area (Å²) in [7, 11) is 0. The summed E-state index contributed by atoms with van der Waals surface area (Å²) >= 11 is 0. The normalized spacial score (nSPS) is 10.2. The summed E-state index contributed by atoms with van der Waals surface area (Å²) in [4.78, 5) is 14.1. The first-order chi connectivity index (χ1) is 23.5. The van der Waals surface area contributed by atoms with E-state index in [1.807, 2.05) is 140 Å². The second-order valence-corrected chi connectivity index (χ2v) is 10.6. The van der Waals surface area contributed by atoms with Gasteiger partial charge in [-0.15, -0.1) is 0 Å². The largest absolute Gasteiger partial charge is 1.00 e. The summed E-state index contributed by atoms with van der Waals surface area (Å²) in [6.45, 7) is 3.56. The molecule has 6 heteroatoms. The number of ketones is 1. The highest BCUT2D eigenvalue weighted by atomic mass is 16.1. The Kier molecular flexibility index (Phi) is 13.9. The van der Waals surface area contributed by atoms with Crippen LogP contribution in [-0.4, -0.2) is 16.5 Å². The SMILES string of the molecule is C/C(=N\Nc1ccccc1)c1ccccc1.CC(=O)c1ccccc1.NNc1ccccc1.[2HH].[H+].c1ccc(-c2cc3ccccc3[nH]2)cc1. The average Bonchev–Trinajstić information content (AvgIpc) is 3.61. The number of benzene rings is 6. The second-order valence-electron chi connectivity index (χ2n) is 10.6. The molecule has 6 nitrogen and oxygen atoms in total. The molecule has 1 aromatic heterocycles. The van der Waals surface area contributed by atoms with Crippen LogP contribution in [0.4, 0.5) is 11.4 Å². The van der Waals surface area contributed by atoms with Crippen molar-refractivity contribution >= 4 is 33.8 Å². The lowest BCUT2D eigenvalue weighted by molar-refractivity contribution is 0.101. The van der Waals surface area contributed by atoms with E-state index in [2.05, 4.69) is 69.5 Å². The lowest BCUT2D eigenvalue weighted by Gasteiger charge is -2.02. The average molecular weight is 636 g/mol. The number of rotatable bonds is 6. The maximum absolute atomic E-state index is 10.6. The van der Waals surface area contributed by atoms with Crippen molar-refractivity contribution in [2.75, 3.05) is 10.9 Å². The highest BCUT2D eigenvalue weighted by molar-refractivity contribution is 5.99. The van der Waals surface area contributed by atoms with Crippen molar-refractivity contribution in [3.05, 3.63) is 193 Å². The van der Waals surface area contributed by atoms with Crippen molar-refractivity contribution in [3.8, 4) is 11.3 Å². The number of anilines is 2. The van der Waals surface area contributed by atoms with Crippen LogP contribution >= 0.6 is 0 Å². The molecular formula is C42H44N5O+. The molecule has 0 aliphatic heterocycles. The van der Waals surface area contributed by atoms with Crippen LogP contribution in [0.15, 0.2) is 187 Å². The molecule has 6 aromatic carbocycles. The molecule has 0 saturated carbocycles. The van der Waals surface area contributed by atoms with Gasteiger partial charge in [-0.1, -0.05) is 146 Å². The molecule has 0 bridgehead atoms. The van der Waals surface area contributed by atoms with Gasteiger partial charge in [0.05, 0.1) is 11.4 Å². The van der Waals surface area contributed by atoms with Gasteiger partial charge in [0, 0.05) is 29.3 Å². The molecule has 242 valence electrons. The number of hydrazine groups is 1. The Balaban J connectivity index is 0.000000237. The lowest BCUT2D eigenvalue weighted by atomic mass is 10.1. The van der Waals surface area contributed by atoms with Gasteiger partial charge in [-0.2, -0.15) is 5.10 Å². The second kappa shape index (κ2) is 19.3. The third kappa shape index (κ3) is 11.6. The molecule has 0 atom stereocenters. The van der Waals surface area contributed by atoms with Crippen LogP contribution in [-0.2, 0) is 0 Å². The topological polar surface area (TPSA) is 95.3 Å². The molecule has 0 spiro atoms. The van der Waals surface area contributed by atoms with Crippen LogP contribution in [0, 0.1) is 0 Å². The summed E-state index contributed by atoms with van der Waals surface area (Å²) in [5.74, 6) is 5.22. The fraction of sp³-hybridized carbons (Fsp3) is 0.0476. The highest BCUT2D eigenvalue weighted by Gasteiger charge is 2.01. The van der Waals surface area contributed by atoms with Crippen molar-refractivity contribution in [2.24, 2.45) is 10.9 Å². The van der Waals surface area contributed by atoms with Crippen molar-refractivity contribution in [3.63, 3.8) is 0 Å². The maximum atomic E-state index is 10.6. The lowest BCUT2D eigenvalue weighted by Crippen LogP contribution is -2.05. The summed E-state index contributed by atoms with van der Waals surface area (Å²) in [5, 5.41) is 5.59. The minimum Gasteiger partial charge on any atom is -0.355 e. The number of H-pyrrole nitrogens is 1. The molecule has 0 radical (unpaired) electrons. The van der Waals surface area contributed by atoms with E-state index >= 15 is 0 Å². The first-order valence-corrected chi connectivity index (χ1v) is 15.6. The molecule has 5 N–H and O–H groups in total. The molecule has 0 saturated heterocycles. The number of hydrogen-bond acceptors (Lipinski definition) is 5. The standard InChI is InChI=1S/C14H14N2.C14H11N.C8H8O.C6H8N2.H2/c1-12(13-8-4-2-5-9-13)15-16-14-10-6-3-7-11-14;1-2-6-11(7-3-1)14-10-12-8-4-5-9-13(12)15-14;1-7(9)8-5-3-2-4-6-8;7-8-6-4-2-1-3-5-6;/h2-11,16H,1H3;1-10,15H;2-6H,1H3;1-5,8H,7H2;1H/p+1/b15-12+;;;;/i;;;;1+1. The molecule has 7 aromatic rings. The van der Waals surface area contributed by atoms with Crippen LogP contribution in [0.1, 0.15) is 32.6 Å². The number of hydrazone groups is 1.